The summed E-state index contributed by atoms with van der Waals surface area (Å²) < 4.78 is 11.4. The first-order chi connectivity index (χ1) is 15.2. The summed E-state index contributed by atoms with van der Waals surface area (Å²) >= 11 is 5.95. The van der Waals surface area contributed by atoms with Crippen LogP contribution in [0.25, 0.3) is 0 Å². The van der Waals surface area contributed by atoms with E-state index in [4.69, 9.17) is 21.1 Å². The van der Waals surface area contributed by atoms with E-state index in [2.05, 4.69) is 38.2 Å². The molecule has 1 atom stereocenters. The second-order valence-electron chi connectivity index (χ2n) is 8.84. The van der Waals surface area contributed by atoms with Crippen molar-refractivity contribution < 1.29 is 14.3 Å². The van der Waals surface area contributed by atoms with Gasteiger partial charge in [0.15, 0.2) is 0 Å². The predicted molar refractivity (Wildman–Crippen MR) is 130 cm³/mol. The zero-order valence-electron chi connectivity index (χ0n) is 19.2. The van der Waals surface area contributed by atoms with Crippen LogP contribution in [0, 0.1) is 0 Å². The van der Waals surface area contributed by atoms with Crippen molar-refractivity contribution in [1.82, 2.24) is 5.32 Å². The highest BCUT2D eigenvalue weighted by molar-refractivity contribution is 6.30. The highest BCUT2D eigenvalue weighted by Crippen LogP contribution is 2.26. The van der Waals surface area contributed by atoms with Crippen LogP contribution in [0.5, 0.6) is 11.5 Å². The van der Waals surface area contributed by atoms with Gasteiger partial charge in [-0.3, -0.25) is 4.79 Å². The molecule has 3 aromatic rings. The first-order valence-corrected chi connectivity index (χ1v) is 11.0. The van der Waals surface area contributed by atoms with E-state index in [1.54, 1.807) is 19.2 Å². The Labute approximate surface area is 195 Å². The smallest absolute Gasteiger partial charge is 0.251 e. The minimum atomic E-state index is -0.161. The lowest BCUT2D eigenvalue weighted by molar-refractivity contribution is 0.0939. The molecule has 1 unspecified atom stereocenters. The van der Waals surface area contributed by atoms with Crippen molar-refractivity contribution >= 4 is 17.5 Å². The summed E-state index contributed by atoms with van der Waals surface area (Å²) in [5.74, 6) is 1.29. The molecule has 0 aromatic heterocycles. The van der Waals surface area contributed by atoms with E-state index < -0.39 is 0 Å². The predicted octanol–water partition coefficient (Wildman–Crippen LogP) is 6.72. The van der Waals surface area contributed by atoms with Crippen LogP contribution in [-0.4, -0.2) is 13.0 Å². The molecule has 0 bridgehead atoms. The maximum atomic E-state index is 12.8. The fourth-order valence-corrected chi connectivity index (χ4v) is 3.49. The van der Waals surface area contributed by atoms with Crippen LogP contribution in [0.3, 0.4) is 0 Å². The summed E-state index contributed by atoms with van der Waals surface area (Å²) in [5, 5.41) is 3.69. The molecule has 0 aliphatic carbocycles. The standard InChI is InChI=1S/C27H30ClNO3/c1-18(19-6-11-23(28)12-7-19)29-26(30)20-8-15-25(31-5)21(16-20)17-32-24-13-9-22(10-14-24)27(2,3)4/h6-16,18H,17H2,1-5H3,(H,29,30). The molecular formula is C27H30ClNO3. The molecule has 1 amide bonds. The van der Waals surface area contributed by atoms with Crippen molar-refractivity contribution in [3.8, 4) is 11.5 Å². The molecule has 4 nitrogen and oxygen atoms in total. The van der Waals surface area contributed by atoms with Crippen molar-refractivity contribution in [2.45, 2.75) is 45.8 Å². The molecular weight excluding hydrogens is 422 g/mol. The quantitative estimate of drug-likeness (QED) is 0.434. The minimum Gasteiger partial charge on any atom is -0.496 e. The van der Waals surface area contributed by atoms with Crippen LogP contribution in [-0.2, 0) is 12.0 Å². The van der Waals surface area contributed by atoms with Gasteiger partial charge in [0.05, 0.1) is 13.2 Å². The third-order valence-electron chi connectivity index (χ3n) is 5.37. The van der Waals surface area contributed by atoms with Crippen LogP contribution in [0.4, 0.5) is 0 Å². The Bertz CT molecular complexity index is 1050. The van der Waals surface area contributed by atoms with Crippen molar-refractivity contribution in [1.29, 1.82) is 0 Å². The van der Waals surface area contributed by atoms with Gasteiger partial charge in [-0.15, -0.1) is 0 Å². The summed E-state index contributed by atoms with van der Waals surface area (Å²) in [5.41, 5.74) is 3.67. The molecule has 0 radical (unpaired) electrons. The van der Waals surface area contributed by atoms with Gasteiger partial charge in [0.25, 0.3) is 5.91 Å². The van der Waals surface area contributed by atoms with Crippen molar-refractivity contribution in [3.63, 3.8) is 0 Å². The molecule has 5 heteroatoms. The molecule has 0 aliphatic rings. The van der Waals surface area contributed by atoms with Gasteiger partial charge < -0.3 is 14.8 Å². The zero-order valence-corrected chi connectivity index (χ0v) is 20.0. The Morgan fingerprint density at radius 2 is 1.66 bits per heavy atom. The molecule has 3 rings (SSSR count). The molecule has 0 fully saturated rings. The number of nitrogens with one attached hydrogen (secondary N) is 1. The number of rotatable bonds is 7. The highest BCUT2D eigenvalue weighted by atomic mass is 35.5. The number of benzene rings is 3. The first kappa shape index (κ1) is 23.7. The second-order valence-corrected chi connectivity index (χ2v) is 9.27. The summed E-state index contributed by atoms with van der Waals surface area (Å²) in [4.78, 5) is 12.8. The van der Waals surface area contributed by atoms with Gasteiger partial charge in [0.1, 0.15) is 18.1 Å². The van der Waals surface area contributed by atoms with Gasteiger partial charge in [-0.05, 0) is 65.9 Å². The van der Waals surface area contributed by atoms with Crippen molar-refractivity contribution in [2.24, 2.45) is 0 Å². The van der Waals surface area contributed by atoms with Crippen LogP contribution in [0.15, 0.2) is 66.7 Å². The first-order valence-electron chi connectivity index (χ1n) is 10.6. The Morgan fingerprint density at radius 3 is 2.25 bits per heavy atom. The van der Waals surface area contributed by atoms with E-state index in [-0.39, 0.29) is 17.4 Å². The van der Waals surface area contributed by atoms with Crippen LogP contribution in [0.2, 0.25) is 5.02 Å². The molecule has 0 spiro atoms. The Hall–Kier alpha value is -2.98. The zero-order chi connectivity index (χ0) is 23.3. The number of methoxy groups -OCH3 is 1. The summed E-state index contributed by atoms with van der Waals surface area (Å²) in [7, 11) is 1.61. The molecule has 1 N–H and O–H groups in total. The largest absolute Gasteiger partial charge is 0.496 e. The third-order valence-corrected chi connectivity index (χ3v) is 5.63. The van der Waals surface area contributed by atoms with Gasteiger partial charge >= 0.3 is 0 Å². The molecule has 32 heavy (non-hydrogen) atoms. The van der Waals surface area contributed by atoms with E-state index in [0.29, 0.717) is 22.9 Å². The van der Waals surface area contributed by atoms with Crippen molar-refractivity contribution in [3.05, 3.63) is 94.0 Å². The van der Waals surface area contributed by atoms with Crippen molar-refractivity contribution in [2.75, 3.05) is 7.11 Å². The summed E-state index contributed by atoms with van der Waals surface area (Å²) in [6.45, 7) is 8.77. The maximum absolute atomic E-state index is 12.8. The summed E-state index contributed by atoms with van der Waals surface area (Å²) in [6.07, 6.45) is 0. The average molecular weight is 452 g/mol. The molecule has 0 heterocycles. The number of carbonyl (C=O) groups excluding carboxylic acids is 1. The lowest BCUT2D eigenvalue weighted by Gasteiger charge is -2.19. The van der Waals surface area contributed by atoms with Crippen LogP contribution in [0.1, 0.15) is 60.8 Å². The fourth-order valence-electron chi connectivity index (χ4n) is 3.36. The van der Waals surface area contributed by atoms with Gasteiger partial charge in [-0.2, -0.15) is 0 Å². The van der Waals surface area contributed by atoms with E-state index in [9.17, 15) is 4.79 Å². The molecule has 0 saturated carbocycles. The lowest BCUT2D eigenvalue weighted by atomic mass is 9.87. The fraction of sp³-hybridized carbons (Fsp3) is 0.296. The number of carbonyl (C=O) groups is 1. The lowest BCUT2D eigenvalue weighted by Crippen LogP contribution is -2.26. The molecule has 168 valence electrons. The summed E-state index contributed by atoms with van der Waals surface area (Å²) in [6, 6.07) is 20.8. The number of hydrogen-bond acceptors (Lipinski definition) is 3. The van der Waals surface area contributed by atoms with E-state index in [1.165, 1.54) is 5.56 Å². The van der Waals surface area contributed by atoms with Crippen LogP contribution < -0.4 is 14.8 Å². The highest BCUT2D eigenvalue weighted by Gasteiger charge is 2.15. The minimum absolute atomic E-state index is 0.0899. The topological polar surface area (TPSA) is 47.6 Å². The average Bonchev–Trinajstić information content (AvgIpc) is 2.77. The van der Waals surface area contributed by atoms with Gasteiger partial charge in [-0.1, -0.05) is 56.6 Å². The van der Waals surface area contributed by atoms with Gasteiger partial charge in [0, 0.05) is 16.1 Å². The normalized spacial score (nSPS) is 12.2. The SMILES string of the molecule is COc1ccc(C(=O)NC(C)c2ccc(Cl)cc2)cc1COc1ccc(C(C)(C)C)cc1. The molecule has 0 saturated heterocycles. The van der Waals surface area contributed by atoms with Gasteiger partial charge in [0.2, 0.25) is 0 Å². The molecule has 3 aromatic carbocycles. The Kier molecular flexibility index (Phi) is 7.47. The number of ether oxygens (including phenoxy) is 2. The van der Waals surface area contributed by atoms with E-state index in [0.717, 1.165) is 16.9 Å². The van der Waals surface area contributed by atoms with Crippen LogP contribution >= 0.6 is 11.6 Å². The molecule has 0 aliphatic heterocycles. The maximum Gasteiger partial charge on any atom is 0.251 e. The Balaban J connectivity index is 1.70. The van der Waals surface area contributed by atoms with E-state index >= 15 is 0 Å². The third kappa shape index (κ3) is 6.04. The van der Waals surface area contributed by atoms with E-state index in [1.807, 2.05) is 49.4 Å². The number of halogens is 1. The number of amides is 1. The second kappa shape index (κ2) is 10.1. The monoisotopic (exact) mass is 451 g/mol. The van der Waals surface area contributed by atoms with Gasteiger partial charge in [-0.25, -0.2) is 0 Å². The Morgan fingerprint density at radius 1 is 1.00 bits per heavy atom. The number of hydrogen-bond donors (Lipinski definition) is 1.